The van der Waals surface area contributed by atoms with Crippen LogP contribution in [0.1, 0.15) is 29.3 Å². The van der Waals surface area contributed by atoms with Gasteiger partial charge in [-0.25, -0.2) is 0 Å². The SMILES string of the molecule is CC1C(O)CC(CO)OC1O.NC(=O)c1cn(Cc2ccc3ccccc3c2)c2ccc(Br)cc12. The second-order valence-corrected chi connectivity index (χ2v) is 9.79. The number of benzene rings is 3. The summed E-state index contributed by atoms with van der Waals surface area (Å²) in [6, 6.07) is 20.6. The lowest BCUT2D eigenvalue weighted by atomic mass is 9.95. The van der Waals surface area contributed by atoms with Crippen LogP contribution in [0, 0.1) is 5.92 Å². The van der Waals surface area contributed by atoms with Gasteiger partial charge in [0.25, 0.3) is 5.91 Å². The zero-order valence-corrected chi connectivity index (χ0v) is 20.9. The maximum atomic E-state index is 11.8. The Morgan fingerprint density at radius 2 is 1.86 bits per heavy atom. The normalized spacial score (nSPS) is 22.1. The molecule has 1 aliphatic heterocycles. The number of nitrogens with two attached hydrogens (primary N) is 1. The zero-order valence-electron chi connectivity index (χ0n) is 19.3. The van der Waals surface area contributed by atoms with Crippen LogP contribution in [0.2, 0.25) is 0 Å². The highest BCUT2D eigenvalue weighted by Gasteiger charge is 2.33. The van der Waals surface area contributed by atoms with Gasteiger partial charge >= 0.3 is 0 Å². The van der Waals surface area contributed by atoms with E-state index in [2.05, 4.69) is 50.8 Å². The first kappa shape index (κ1) is 25.3. The smallest absolute Gasteiger partial charge is 0.250 e. The average Bonchev–Trinajstić information content (AvgIpc) is 3.20. The van der Waals surface area contributed by atoms with Gasteiger partial charge in [-0.05, 0) is 40.6 Å². The predicted molar refractivity (Wildman–Crippen MR) is 139 cm³/mol. The first-order valence-corrected chi connectivity index (χ1v) is 12.2. The van der Waals surface area contributed by atoms with Gasteiger partial charge in [0.15, 0.2) is 6.29 Å². The summed E-state index contributed by atoms with van der Waals surface area (Å²) in [6.45, 7) is 2.25. The van der Waals surface area contributed by atoms with Crippen LogP contribution in [0.3, 0.4) is 0 Å². The van der Waals surface area contributed by atoms with Crippen LogP contribution in [-0.2, 0) is 11.3 Å². The van der Waals surface area contributed by atoms with Crippen molar-refractivity contribution in [3.63, 3.8) is 0 Å². The van der Waals surface area contributed by atoms with Gasteiger partial charge in [-0.2, -0.15) is 0 Å². The number of amides is 1. The summed E-state index contributed by atoms with van der Waals surface area (Å²) in [5, 5.41) is 30.4. The number of carbonyl (C=O) groups excluding carboxylic acids is 1. The van der Waals surface area contributed by atoms with Gasteiger partial charge in [0, 0.05) is 40.5 Å². The summed E-state index contributed by atoms with van der Waals surface area (Å²) in [5.41, 5.74) is 8.28. The largest absolute Gasteiger partial charge is 0.394 e. The molecule has 2 heterocycles. The van der Waals surface area contributed by atoms with Crippen molar-refractivity contribution in [1.29, 1.82) is 0 Å². The molecule has 0 bridgehead atoms. The molecule has 3 aromatic carbocycles. The van der Waals surface area contributed by atoms with E-state index in [1.165, 1.54) is 16.3 Å². The monoisotopic (exact) mass is 540 g/mol. The predicted octanol–water partition coefficient (Wildman–Crippen LogP) is 3.79. The van der Waals surface area contributed by atoms with Crippen LogP contribution in [0.25, 0.3) is 21.7 Å². The van der Waals surface area contributed by atoms with Crippen LogP contribution in [-0.4, -0.2) is 50.9 Å². The molecular formula is C27H29BrN2O5. The molecule has 1 fully saturated rings. The van der Waals surface area contributed by atoms with Gasteiger partial charge in [-0.1, -0.05) is 59.3 Å². The van der Waals surface area contributed by atoms with Crippen LogP contribution in [0.15, 0.2) is 71.3 Å². The van der Waals surface area contributed by atoms with Crippen LogP contribution >= 0.6 is 15.9 Å². The third-order valence-corrected chi connectivity index (χ3v) is 6.87. The molecule has 0 radical (unpaired) electrons. The molecule has 35 heavy (non-hydrogen) atoms. The third-order valence-electron chi connectivity index (χ3n) is 6.37. The first-order chi connectivity index (χ1) is 16.8. The Morgan fingerprint density at radius 1 is 1.11 bits per heavy atom. The molecule has 5 N–H and O–H groups in total. The van der Waals surface area contributed by atoms with Gasteiger partial charge in [0.2, 0.25) is 0 Å². The molecule has 1 amide bonds. The Labute approximate surface area is 211 Å². The highest BCUT2D eigenvalue weighted by atomic mass is 79.9. The number of aliphatic hydroxyl groups excluding tert-OH is 3. The van der Waals surface area contributed by atoms with Gasteiger partial charge < -0.3 is 30.4 Å². The van der Waals surface area contributed by atoms with E-state index in [1.807, 2.05) is 36.5 Å². The van der Waals surface area contributed by atoms with Gasteiger partial charge in [0.1, 0.15) is 0 Å². The van der Waals surface area contributed by atoms with Gasteiger partial charge in [-0.15, -0.1) is 0 Å². The Balaban J connectivity index is 0.000000221. The maximum absolute atomic E-state index is 11.8. The second-order valence-electron chi connectivity index (χ2n) is 8.87. The summed E-state index contributed by atoms with van der Waals surface area (Å²) in [5.74, 6) is -0.673. The molecule has 0 aliphatic carbocycles. The zero-order chi connectivity index (χ0) is 25.1. The molecule has 4 unspecified atom stereocenters. The molecule has 5 rings (SSSR count). The Bertz CT molecular complexity index is 1330. The van der Waals surface area contributed by atoms with Crippen LogP contribution in [0.4, 0.5) is 0 Å². The van der Waals surface area contributed by atoms with Crippen LogP contribution < -0.4 is 5.73 Å². The Hall–Kier alpha value is -2.75. The lowest BCUT2D eigenvalue weighted by molar-refractivity contribution is -0.226. The number of hydrogen-bond donors (Lipinski definition) is 4. The minimum absolute atomic E-state index is 0.152. The molecule has 1 saturated heterocycles. The molecular weight excluding hydrogens is 512 g/mol. The number of carbonyl (C=O) groups is 1. The van der Waals surface area contributed by atoms with Crippen molar-refractivity contribution in [3.8, 4) is 0 Å². The van der Waals surface area contributed by atoms with E-state index in [-0.39, 0.29) is 12.5 Å². The van der Waals surface area contributed by atoms with Crippen molar-refractivity contribution in [1.82, 2.24) is 4.57 Å². The number of aromatic nitrogens is 1. The topological polar surface area (TPSA) is 118 Å². The van der Waals surface area contributed by atoms with E-state index >= 15 is 0 Å². The number of ether oxygens (including phenoxy) is 1. The molecule has 184 valence electrons. The van der Waals surface area contributed by atoms with E-state index in [0.29, 0.717) is 18.5 Å². The van der Waals surface area contributed by atoms with E-state index in [1.54, 1.807) is 6.92 Å². The maximum Gasteiger partial charge on any atom is 0.250 e. The first-order valence-electron chi connectivity index (χ1n) is 11.4. The summed E-state index contributed by atoms with van der Waals surface area (Å²) >= 11 is 3.46. The van der Waals surface area contributed by atoms with Gasteiger partial charge in [-0.3, -0.25) is 4.79 Å². The number of halogens is 1. The summed E-state index contributed by atoms with van der Waals surface area (Å²) in [7, 11) is 0. The van der Waals surface area contributed by atoms with Crippen molar-refractivity contribution >= 4 is 43.5 Å². The quantitative estimate of drug-likeness (QED) is 0.314. The van der Waals surface area contributed by atoms with E-state index in [4.69, 9.17) is 20.7 Å². The number of fused-ring (bicyclic) bond motifs is 2. The lowest BCUT2D eigenvalue weighted by Crippen LogP contribution is -2.43. The highest BCUT2D eigenvalue weighted by molar-refractivity contribution is 9.10. The number of hydrogen-bond acceptors (Lipinski definition) is 5. The van der Waals surface area contributed by atoms with Crippen molar-refractivity contribution in [2.75, 3.05) is 6.61 Å². The van der Waals surface area contributed by atoms with Crippen molar-refractivity contribution in [2.24, 2.45) is 11.7 Å². The van der Waals surface area contributed by atoms with Gasteiger partial charge in [0.05, 0.1) is 24.4 Å². The second kappa shape index (κ2) is 10.9. The van der Waals surface area contributed by atoms with Crippen molar-refractivity contribution in [2.45, 2.75) is 38.4 Å². The standard InChI is InChI=1S/C20H15BrN2O.C7H14O4/c21-16-7-8-19-17(10-16)18(20(22)24)12-23(19)11-13-5-6-14-3-1-2-4-15(14)9-13;1-4-6(9)2-5(3-8)11-7(4)10/h1-10,12H,11H2,(H2,22,24);4-10H,2-3H2,1H3. The summed E-state index contributed by atoms with van der Waals surface area (Å²) in [4.78, 5) is 11.8. The number of aliphatic hydroxyl groups is 3. The molecule has 7 nitrogen and oxygen atoms in total. The fourth-order valence-electron chi connectivity index (χ4n) is 4.30. The number of primary amides is 1. The minimum Gasteiger partial charge on any atom is -0.394 e. The molecule has 8 heteroatoms. The molecule has 0 saturated carbocycles. The van der Waals surface area contributed by atoms with E-state index in [0.717, 1.165) is 15.4 Å². The number of nitrogens with zero attached hydrogens (tertiary/aromatic N) is 1. The Morgan fingerprint density at radius 3 is 2.54 bits per heavy atom. The molecule has 4 atom stereocenters. The van der Waals surface area contributed by atoms with E-state index in [9.17, 15) is 9.90 Å². The molecule has 1 aliphatic rings. The Kier molecular flexibility index (Phi) is 7.88. The van der Waals surface area contributed by atoms with E-state index < -0.39 is 24.4 Å². The lowest BCUT2D eigenvalue weighted by Gasteiger charge is -2.34. The summed E-state index contributed by atoms with van der Waals surface area (Å²) < 4.78 is 7.97. The third kappa shape index (κ3) is 5.74. The van der Waals surface area contributed by atoms with Crippen molar-refractivity contribution < 1.29 is 24.9 Å². The number of rotatable bonds is 4. The highest BCUT2D eigenvalue weighted by Crippen LogP contribution is 2.27. The fraction of sp³-hybridized carbons (Fsp3) is 0.296. The molecule has 0 spiro atoms. The minimum atomic E-state index is -0.948. The summed E-state index contributed by atoms with van der Waals surface area (Å²) in [6.07, 6.45) is 0.298. The molecule has 4 aromatic rings. The van der Waals surface area contributed by atoms with Crippen molar-refractivity contribution in [3.05, 3.63) is 82.5 Å². The fourth-order valence-corrected chi connectivity index (χ4v) is 4.66. The average molecular weight is 541 g/mol. The van der Waals surface area contributed by atoms with Crippen LogP contribution in [0.5, 0.6) is 0 Å². The molecule has 1 aromatic heterocycles.